The third-order valence-corrected chi connectivity index (χ3v) is 3.46. The fourth-order valence-electron chi connectivity index (χ4n) is 2.40. The molecule has 1 fully saturated rings. The van der Waals surface area contributed by atoms with Gasteiger partial charge in [-0.05, 0) is 0 Å². The lowest BCUT2D eigenvalue weighted by atomic mass is 10.2. The number of fused-ring (bicyclic) bond motifs is 1. The van der Waals surface area contributed by atoms with E-state index in [0.29, 0.717) is 6.42 Å². The summed E-state index contributed by atoms with van der Waals surface area (Å²) in [5.41, 5.74) is 0.747. The number of aromatic nitrogens is 4. The Hall–Kier alpha value is -2.18. The number of nitrogens with zero attached hydrogens (tertiary/aromatic N) is 5. The van der Waals surface area contributed by atoms with Crippen molar-refractivity contribution in [2.24, 2.45) is 0 Å². The maximum Gasteiger partial charge on any atom is 0.222 e. The smallest absolute Gasteiger partial charge is 0.222 e. The van der Waals surface area contributed by atoms with Crippen LogP contribution >= 0.6 is 0 Å². The first-order valence-corrected chi connectivity index (χ1v) is 6.46. The molecule has 2 aromatic rings. The molecule has 7 heteroatoms. The van der Waals surface area contributed by atoms with Crippen LogP contribution in [0.25, 0.3) is 11.0 Å². The topological polar surface area (TPSA) is 78.0 Å². The highest BCUT2D eigenvalue weighted by Gasteiger charge is 2.22. The Bertz CT molecular complexity index is 587. The number of rotatable bonds is 2. The summed E-state index contributed by atoms with van der Waals surface area (Å²) in [5.74, 6) is 1.11. The van der Waals surface area contributed by atoms with Crippen molar-refractivity contribution in [1.82, 2.24) is 25.1 Å². The third-order valence-electron chi connectivity index (χ3n) is 3.46. The Morgan fingerprint density at radius 2 is 2.11 bits per heavy atom. The summed E-state index contributed by atoms with van der Waals surface area (Å²) in [7, 11) is 0. The maximum atomic E-state index is 11.6. The molecule has 0 spiro atoms. The highest BCUT2D eigenvalue weighted by atomic mass is 16.2. The van der Waals surface area contributed by atoms with E-state index in [2.05, 4.69) is 25.1 Å². The molecule has 0 radical (unpaired) electrons. The average molecular weight is 260 g/mol. The Labute approximate surface area is 110 Å². The standard InChI is InChI=1S/C12H16N6O/c1-2-10(19)17-3-5-18(6-4-17)12-9-7-15-16-11(9)13-8-14-12/h7-8H,2-6H2,1H3,(H,13,14,15,16). The Balaban J connectivity index is 1.78. The molecule has 0 atom stereocenters. The van der Waals surface area contributed by atoms with E-state index < -0.39 is 0 Å². The molecule has 0 bridgehead atoms. The van der Waals surface area contributed by atoms with Gasteiger partial charge >= 0.3 is 0 Å². The lowest BCUT2D eigenvalue weighted by molar-refractivity contribution is -0.131. The van der Waals surface area contributed by atoms with Crippen molar-refractivity contribution in [2.45, 2.75) is 13.3 Å². The molecule has 1 aliphatic rings. The zero-order valence-electron chi connectivity index (χ0n) is 10.8. The molecule has 1 N–H and O–H groups in total. The van der Waals surface area contributed by atoms with E-state index in [4.69, 9.17) is 0 Å². The fourth-order valence-corrected chi connectivity index (χ4v) is 2.40. The second-order valence-corrected chi connectivity index (χ2v) is 4.55. The summed E-state index contributed by atoms with van der Waals surface area (Å²) in [6, 6.07) is 0. The van der Waals surface area contributed by atoms with Crippen molar-refractivity contribution in [3.05, 3.63) is 12.5 Å². The number of nitrogens with one attached hydrogen (secondary N) is 1. The Morgan fingerprint density at radius 1 is 1.32 bits per heavy atom. The Kier molecular flexibility index (Phi) is 3.02. The van der Waals surface area contributed by atoms with Gasteiger partial charge in [-0.15, -0.1) is 0 Å². The molecule has 1 amide bonds. The highest BCUT2D eigenvalue weighted by Crippen LogP contribution is 2.22. The van der Waals surface area contributed by atoms with Crippen LogP contribution in [0.15, 0.2) is 12.5 Å². The normalized spacial score (nSPS) is 16.1. The molecule has 100 valence electrons. The first kappa shape index (κ1) is 11.9. The van der Waals surface area contributed by atoms with Gasteiger partial charge in [-0.2, -0.15) is 5.10 Å². The minimum Gasteiger partial charge on any atom is -0.352 e. The average Bonchev–Trinajstić information content (AvgIpc) is 2.95. The van der Waals surface area contributed by atoms with Gasteiger partial charge in [0.1, 0.15) is 12.1 Å². The molecular weight excluding hydrogens is 244 g/mol. The van der Waals surface area contributed by atoms with E-state index in [1.807, 2.05) is 11.8 Å². The van der Waals surface area contributed by atoms with Gasteiger partial charge in [-0.25, -0.2) is 9.97 Å². The molecule has 0 aromatic carbocycles. The summed E-state index contributed by atoms with van der Waals surface area (Å²) in [6.45, 7) is 4.98. The zero-order valence-corrected chi connectivity index (χ0v) is 10.8. The van der Waals surface area contributed by atoms with Crippen LogP contribution in [-0.4, -0.2) is 57.2 Å². The van der Waals surface area contributed by atoms with E-state index in [1.165, 1.54) is 0 Å². The number of anilines is 1. The number of amides is 1. The van der Waals surface area contributed by atoms with E-state index >= 15 is 0 Å². The lowest BCUT2D eigenvalue weighted by Gasteiger charge is -2.35. The monoisotopic (exact) mass is 260 g/mol. The van der Waals surface area contributed by atoms with Crippen LogP contribution in [0.1, 0.15) is 13.3 Å². The molecular formula is C12H16N6O. The summed E-state index contributed by atoms with van der Waals surface area (Å²) >= 11 is 0. The number of carbonyl (C=O) groups excluding carboxylic acids is 1. The minimum absolute atomic E-state index is 0.218. The number of piperazine rings is 1. The molecule has 0 saturated carbocycles. The summed E-state index contributed by atoms with van der Waals surface area (Å²) in [6.07, 6.45) is 3.85. The molecule has 2 aromatic heterocycles. The molecule has 19 heavy (non-hydrogen) atoms. The first-order chi connectivity index (χ1) is 9.29. The van der Waals surface area contributed by atoms with Gasteiger partial charge in [0.05, 0.1) is 11.6 Å². The van der Waals surface area contributed by atoms with E-state index in [1.54, 1.807) is 12.5 Å². The highest BCUT2D eigenvalue weighted by molar-refractivity contribution is 5.86. The van der Waals surface area contributed by atoms with Gasteiger partial charge in [0.2, 0.25) is 5.91 Å². The fraction of sp³-hybridized carbons (Fsp3) is 0.500. The summed E-state index contributed by atoms with van der Waals surface area (Å²) in [5, 5.41) is 7.77. The van der Waals surface area contributed by atoms with Crippen LogP contribution in [0.3, 0.4) is 0 Å². The number of aromatic amines is 1. The van der Waals surface area contributed by atoms with Crippen LogP contribution in [0, 0.1) is 0 Å². The Morgan fingerprint density at radius 3 is 2.84 bits per heavy atom. The van der Waals surface area contributed by atoms with Crippen LogP contribution in [0.2, 0.25) is 0 Å². The van der Waals surface area contributed by atoms with Crippen LogP contribution in [-0.2, 0) is 4.79 Å². The van der Waals surface area contributed by atoms with Crippen molar-refractivity contribution >= 4 is 22.8 Å². The van der Waals surface area contributed by atoms with E-state index in [0.717, 1.165) is 43.0 Å². The van der Waals surface area contributed by atoms with Crippen molar-refractivity contribution in [1.29, 1.82) is 0 Å². The number of hydrogen-bond donors (Lipinski definition) is 1. The molecule has 1 saturated heterocycles. The molecule has 7 nitrogen and oxygen atoms in total. The number of H-pyrrole nitrogens is 1. The quantitative estimate of drug-likeness (QED) is 0.846. The van der Waals surface area contributed by atoms with Gasteiger partial charge in [0.25, 0.3) is 0 Å². The van der Waals surface area contributed by atoms with Crippen LogP contribution in [0.5, 0.6) is 0 Å². The lowest BCUT2D eigenvalue weighted by Crippen LogP contribution is -2.48. The molecule has 0 unspecified atom stereocenters. The number of hydrogen-bond acceptors (Lipinski definition) is 5. The van der Waals surface area contributed by atoms with E-state index in [-0.39, 0.29) is 5.91 Å². The van der Waals surface area contributed by atoms with Crippen molar-refractivity contribution in [3.63, 3.8) is 0 Å². The van der Waals surface area contributed by atoms with E-state index in [9.17, 15) is 4.79 Å². The second-order valence-electron chi connectivity index (χ2n) is 4.55. The summed E-state index contributed by atoms with van der Waals surface area (Å²) in [4.78, 5) is 24.2. The van der Waals surface area contributed by atoms with Crippen LogP contribution in [0.4, 0.5) is 5.82 Å². The third kappa shape index (κ3) is 2.11. The van der Waals surface area contributed by atoms with Gasteiger partial charge < -0.3 is 9.80 Å². The SMILES string of the molecule is CCC(=O)N1CCN(c2ncnc3[nH]ncc23)CC1. The predicted octanol–water partition coefficient (Wildman–Crippen LogP) is 0.411. The maximum absolute atomic E-state index is 11.6. The largest absolute Gasteiger partial charge is 0.352 e. The predicted molar refractivity (Wildman–Crippen MR) is 70.8 cm³/mol. The van der Waals surface area contributed by atoms with Gasteiger partial charge in [0.15, 0.2) is 5.65 Å². The molecule has 3 heterocycles. The van der Waals surface area contributed by atoms with Crippen LogP contribution < -0.4 is 4.90 Å². The van der Waals surface area contributed by atoms with Crippen molar-refractivity contribution < 1.29 is 4.79 Å². The van der Waals surface area contributed by atoms with Gasteiger partial charge in [-0.1, -0.05) is 6.92 Å². The van der Waals surface area contributed by atoms with Gasteiger partial charge in [-0.3, -0.25) is 9.89 Å². The second kappa shape index (κ2) is 4.83. The van der Waals surface area contributed by atoms with Gasteiger partial charge in [0, 0.05) is 32.6 Å². The molecule has 0 aliphatic carbocycles. The molecule has 3 rings (SSSR count). The minimum atomic E-state index is 0.218. The number of carbonyl (C=O) groups is 1. The molecule has 1 aliphatic heterocycles. The summed E-state index contributed by atoms with van der Waals surface area (Å²) < 4.78 is 0. The zero-order chi connectivity index (χ0) is 13.2. The first-order valence-electron chi connectivity index (χ1n) is 6.46. The van der Waals surface area contributed by atoms with Crippen molar-refractivity contribution in [3.8, 4) is 0 Å². The van der Waals surface area contributed by atoms with Crippen molar-refractivity contribution in [2.75, 3.05) is 31.1 Å².